The van der Waals surface area contributed by atoms with Crippen molar-refractivity contribution in [2.75, 3.05) is 24.7 Å². The number of carbonyl (C=O) groups excluding carboxylic acids is 1. The maximum atomic E-state index is 13.1. The zero-order chi connectivity index (χ0) is 22.9. The van der Waals surface area contributed by atoms with Gasteiger partial charge in [-0.3, -0.25) is 4.79 Å². The summed E-state index contributed by atoms with van der Waals surface area (Å²) in [4.78, 5) is 14.7. The van der Waals surface area contributed by atoms with E-state index < -0.39 is 36.3 Å². The predicted molar refractivity (Wildman–Crippen MR) is 102 cm³/mol. The Kier molecular flexibility index (Phi) is 6.81. The minimum atomic E-state index is -4.47. The largest absolute Gasteiger partial charge is 0.481 e. The molecule has 1 amide bonds. The van der Waals surface area contributed by atoms with Crippen LogP contribution in [0.25, 0.3) is 0 Å². The molecular formula is C21H26F5NO4. The van der Waals surface area contributed by atoms with Crippen molar-refractivity contribution in [3.63, 3.8) is 0 Å². The van der Waals surface area contributed by atoms with Gasteiger partial charge in [-0.2, -0.15) is 13.2 Å². The van der Waals surface area contributed by atoms with Crippen LogP contribution in [0.5, 0.6) is 5.75 Å². The Morgan fingerprint density at radius 2 is 1.71 bits per heavy atom. The Morgan fingerprint density at radius 1 is 1.10 bits per heavy atom. The summed E-state index contributed by atoms with van der Waals surface area (Å²) in [6.07, 6.45) is -7.04. The van der Waals surface area contributed by atoms with E-state index in [-0.39, 0.29) is 31.1 Å². The molecule has 1 aliphatic heterocycles. The highest BCUT2D eigenvalue weighted by Gasteiger charge is 2.51. The third-order valence-corrected chi connectivity index (χ3v) is 6.19. The van der Waals surface area contributed by atoms with Crippen molar-refractivity contribution in [2.45, 2.75) is 63.3 Å². The summed E-state index contributed by atoms with van der Waals surface area (Å²) in [5.41, 5.74) is -1.29. The zero-order valence-corrected chi connectivity index (χ0v) is 17.1. The standard InChI is InChI=1S/C21H26F5NO4/c1-14(21(24,25)26)31-16-4-2-15(3-5-16)27-11-10-19(18(27)28)6-8-20(29,9-7-19)13-30-12-17(22)23/h2-5,14,17,29H,6-13H2,1H3/t14-,19-,20-/m0/s1. The molecule has 0 bridgehead atoms. The Morgan fingerprint density at radius 3 is 2.26 bits per heavy atom. The van der Waals surface area contributed by atoms with Crippen LogP contribution in [0.15, 0.2) is 24.3 Å². The van der Waals surface area contributed by atoms with Gasteiger partial charge < -0.3 is 19.5 Å². The Balaban J connectivity index is 1.59. The maximum absolute atomic E-state index is 13.1. The molecule has 1 aromatic rings. The first kappa shape index (κ1) is 23.7. The van der Waals surface area contributed by atoms with Crippen molar-refractivity contribution in [1.29, 1.82) is 0 Å². The van der Waals surface area contributed by atoms with E-state index >= 15 is 0 Å². The number of anilines is 1. The second-order valence-corrected chi connectivity index (χ2v) is 8.41. The number of rotatable bonds is 7. The Labute approximate surface area is 177 Å². The number of halogens is 5. The van der Waals surface area contributed by atoms with Gasteiger partial charge >= 0.3 is 6.18 Å². The van der Waals surface area contributed by atoms with Crippen LogP contribution in [0.1, 0.15) is 39.0 Å². The van der Waals surface area contributed by atoms with E-state index in [1.54, 1.807) is 17.0 Å². The summed E-state index contributed by atoms with van der Waals surface area (Å²) in [6, 6.07) is 5.89. The number of amides is 1. The topological polar surface area (TPSA) is 59.0 Å². The molecule has 0 unspecified atom stereocenters. The van der Waals surface area contributed by atoms with Gasteiger partial charge in [-0.05, 0) is 63.3 Å². The van der Waals surface area contributed by atoms with Crippen molar-refractivity contribution in [3.05, 3.63) is 24.3 Å². The van der Waals surface area contributed by atoms with E-state index in [1.165, 1.54) is 12.1 Å². The van der Waals surface area contributed by atoms with Gasteiger partial charge in [0, 0.05) is 12.2 Å². The van der Waals surface area contributed by atoms with Crippen LogP contribution in [0, 0.1) is 5.41 Å². The fourth-order valence-electron chi connectivity index (χ4n) is 4.18. The lowest BCUT2D eigenvalue weighted by Gasteiger charge is -2.40. The van der Waals surface area contributed by atoms with Gasteiger partial charge in [-0.25, -0.2) is 8.78 Å². The average molecular weight is 451 g/mol. The first-order valence-electron chi connectivity index (χ1n) is 10.2. The van der Waals surface area contributed by atoms with Crippen LogP contribution in [0.2, 0.25) is 0 Å². The summed E-state index contributed by atoms with van der Waals surface area (Å²) in [5, 5.41) is 10.6. The second-order valence-electron chi connectivity index (χ2n) is 8.41. The van der Waals surface area contributed by atoms with Gasteiger partial charge in [0.15, 0.2) is 6.10 Å². The molecule has 1 N–H and O–H groups in total. The van der Waals surface area contributed by atoms with Crippen molar-refractivity contribution >= 4 is 11.6 Å². The molecule has 1 saturated carbocycles. The lowest BCUT2D eigenvalue weighted by atomic mass is 9.68. The average Bonchev–Trinajstić information content (AvgIpc) is 3.01. The third-order valence-electron chi connectivity index (χ3n) is 6.19. The molecule has 1 saturated heterocycles. The zero-order valence-electron chi connectivity index (χ0n) is 17.1. The SMILES string of the molecule is C[C@H](Oc1ccc(N2CC[C@]3(CC[C@](O)(COCC(F)F)CC3)C2=O)cc1)C(F)(F)F. The highest BCUT2D eigenvalue weighted by molar-refractivity contribution is 6.00. The summed E-state index contributed by atoms with van der Waals surface area (Å²) in [7, 11) is 0. The number of benzene rings is 1. The van der Waals surface area contributed by atoms with Gasteiger partial charge in [0.05, 0.1) is 17.6 Å². The summed E-state index contributed by atoms with van der Waals surface area (Å²) >= 11 is 0. The molecule has 174 valence electrons. The number of hydrogen-bond donors (Lipinski definition) is 1. The smallest absolute Gasteiger partial charge is 0.425 e. The summed E-state index contributed by atoms with van der Waals surface area (Å²) < 4.78 is 72.2. The highest BCUT2D eigenvalue weighted by atomic mass is 19.4. The lowest BCUT2D eigenvalue weighted by molar-refractivity contribution is -0.189. The molecule has 2 fully saturated rings. The molecule has 1 aromatic carbocycles. The minimum absolute atomic E-state index is 0.0569. The van der Waals surface area contributed by atoms with E-state index in [1.807, 2.05) is 0 Å². The number of hydrogen-bond acceptors (Lipinski definition) is 4. The molecule has 31 heavy (non-hydrogen) atoms. The van der Waals surface area contributed by atoms with E-state index in [0.717, 1.165) is 6.92 Å². The van der Waals surface area contributed by atoms with Gasteiger partial charge in [0.1, 0.15) is 12.4 Å². The molecule has 1 heterocycles. The number of nitrogens with zero attached hydrogens (tertiary/aromatic N) is 1. The highest BCUT2D eigenvalue weighted by Crippen LogP contribution is 2.48. The molecular weight excluding hydrogens is 425 g/mol. The first-order chi connectivity index (χ1) is 14.4. The van der Waals surface area contributed by atoms with Crippen LogP contribution in [-0.4, -0.2) is 55.1 Å². The van der Waals surface area contributed by atoms with Crippen molar-refractivity contribution in [2.24, 2.45) is 5.41 Å². The lowest BCUT2D eigenvalue weighted by Crippen LogP contribution is -2.46. The van der Waals surface area contributed by atoms with Crippen LogP contribution >= 0.6 is 0 Å². The van der Waals surface area contributed by atoms with Crippen LogP contribution in [0.3, 0.4) is 0 Å². The normalized spacial score (nSPS) is 27.9. The molecule has 0 aromatic heterocycles. The van der Waals surface area contributed by atoms with Crippen molar-refractivity contribution < 1.29 is 41.3 Å². The Hall–Kier alpha value is -1.94. The molecule has 2 aliphatic rings. The van der Waals surface area contributed by atoms with Crippen LogP contribution in [0.4, 0.5) is 27.6 Å². The summed E-state index contributed by atoms with van der Waals surface area (Å²) in [6.45, 7) is 0.452. The van der Waals surface area contributed by atoms with Gasteiger partial charge in [-0.15, -0.1) is 0 Å². The van der Waals surface area contributed by atoms with Gasteiger partial charge in [0.25, 0.3) is 6.43 Å². The van der Waals surface area contributed by atoms with Crippen molar-refractivity contribution in [3.8, 4) is 5.75 Å². The van der Waals surface area contributed by atoms with E-state index in [2.05, 4.69) is 0 Å². The van der Waals surface area contributed by atoms with Crippen LogP contribution in [-0.2, 0) is 9.53 Å². The Bertz CT molecular complexity index is 760. The number of alkyl halides is 5. The van der Waals surface area contributed by atoms with E-state index in [9.17, 15) is 31.9 Å². The van der Waals surface area contributed by atoms with E-state index in [4.69, 9.17) is 9.47 Å². The third kappa shape index (κ3) is 5.46. The van der Waals surface area contributed by atoms with Gasteiger partial charge in [0.2, 0.25) is 5.91 Å². The van der Waals surface area contributed by atoms with Crippen LogP contribution < -0.4 is 9.64 Å². The molecule has 1 spiro atoms. The molecule has 10 heteroatoms. The second kappa shape index (κ2) is 8.90. The summed E-state index contributed by atoms with van der Waals surface area (Å²) in [5.74, 6) is -0.0400. The minimum Gasteiger partial charge on any atom is -0.481 e. The molecule has 0 radical (unpaired) electrons. The predicted octanol–water partition coefficient (Wildman–Crippen LogP) is 4.33. The quantitative estimate of drug-likeness (QED) is 0.628. The van der Waals surface area contributed by atoms with E-state index in [0.29, 0.717) is 31.5 Å². The molecule has 1 aliphatic carbocycles. The number of aliphatic hydroxyl groups is 1. The number of ether oxygens (including phenoxy) is 2. The monoisotopic (exact) mass is 451 g/mol. The molecule has 5 nitrogen and oxygen atoms in total. The first-order valence-corrected chi connectivity index (χ1v) is 10.2. The van der Waals surface area contributed by atoms with Crippen molar-refractivity contribution in [1.82, 2.24) is 0 Å². The van der Waals surface area contributed by atoms with Gasteiger partial charge in [-0.1, -0.05) is 0 Å². The number of carbonyl (C=O) groups is 1. The fourth-order valence-corrected chi connectivity index (χ4v) is 4.18. The fraction of sp³-hybridized carbons (Fsp3) is 0.667. The maximum Gasteiger partial charge on any atom is 0.425 e. The molecule has 3 rings (SSSR count). The molecule has 1 atom stereocenters.